The van der Waals surface area contributed by atoms with Crippen LogP contribution in [-0.2, 0) is 18.9 Å². The largest absolute Gasteiger partial charge is 0.381 e. The highest BCUT2D eigenvalue weighted by molar-refractivity contribution is 4.94. The molecule has 1 spiro atoms. The third-order valence-electron chi connectivity index (χ3n) is 6.19. The van der Waals surface area contributed by atoms with Crippen molar-refractivity contribution in [3.05, 3.63) is 0 Å². The van der Waals surface area contributed by atoms with E-state index in [0.29, 0.717) is 6.10 Å². The second kappa shape index (κ2) is 8.63. The van der Waals surface area contributed by atoms with E-state index in [2.05, 4.69) is 9.80 Å². The van der Waals surface area contributed by atoms with E-state index in [-0.39, 0.29) is 5.60 Å². The number of nitrogens with zero attached hydrogens (tertiary/aromatic N) is 2. The Bertz CT molecular complexity index is 412. The normalized spacial score (nSPS) is 36.7. The average molecular weight is 354 g/mol. The highest BCUT2D eigenvalue weighted by atomic mass is 16.6. The predicted molar refractivity (Wildman–Crippen MR) is 94.9 cm³/mol. The van der Waals surface area contributed by atoms with Gasteiger partial charge in [-0.2, -0.15) is 0 Å². The van der Waals surface area contributed by atoms with Crippen molar-refractivity contribution in [3.8, 4) is 0 Å². The summed E-state index contributed by atoms with van der Waals surface area (Å²) < 4.78 is 23.6. The lowest BCUT2D eigenvalue weighted by Crippen LogP contribution is -2.47. The molecule has 0 amide bonds. The van der Waals surface area contributed by atoms with E-state index in [0.717, 1.165) is 91.1 Å². The van der Waals surface area contributed by atoms with E-state index < -0.39 is 0 Å². The fourth-order valence-corrected chi connectivity index (χ4v) is 4.75. The molecular formula is C19H34N2O4. The van der Waals surface area contributed by atoms with E-state index >= 15 is 0 Å². The molecule has 4 rings (SSSR count). The Morgan fingerprint density at radius 3 is 2.32 bits per heavy atom. The second-order valence-electron chi connectivity index (χ2n) is 8.22. The Morgan fingerprint density at radius 1 is 0.760 bits per heavy atom. The van der Waals surface area contributed by atoms with Crippen LogP contribution in [0.5, 0.6) is 0 Å². The third kappa shape index (κ3) is 4.93. The molecule has 144 valence electrons. The molecule has 0 radical (unpaired) electrons. The molecule has 4 aliphatic heterocycles. The minimum atomic E-state index is -0.0847. The zero-order valence-electron chi connectivity index (χ0n) is 15.5. The molecule has 0 aromatic heterocycles. The quantitative estimate of drug-likeness (QED) is 0.750. The van der Waals surface area contributed by atoms with Crippen LogP contribution in [0.4, 0.5) is 0 Å². The smallest absolute Gasteiger partial charge is 0.105 e. The molecule has 0 saturated carbocycles. The van der Waals surface area contributed by atoms with Gasteiger partial charge in [0.1, 0.15) is 5.60 Å². The van der Waals surface area contributed by atoms with Crippen LogP contribution in [0.15, 0.2) is 0 Å². The summed E-state index contributed by atoms with van der Waals surface area (Å²) in [6, 6.07) is 0. The Kier molecular flexibility index (Phi) is 6.26. The van der Waals surface area contributed by atoms with Gasteiger partial charge in [0.15, 0.2) is 0 Å². The van der Waals surface area contributed by atoms with Crippen LogP contribution in [-0.4, -0.2) is 100 Å². The lowest BCUT2D eigenvalue weighted by atomic mass is 9.97. The van der Waals surface area contributed by atoms with Crippen LogP contribution in [0, 0.1) is 5.92 Å². The molecule has 4 saturated heterocycles. The zero-order valence-corrected chi connectivity index (χ0v) is 15.5. The van der Waals surface area contributed by atoms with Gasteiger partial charge >= 0.3 is 0 Å². The number of rotatable bonds is 4. The molecule has 25 heavy (non-hydrogen) atoms. The zero-order chi connectivity index (χ0) is 17.0. The number of ether oxygens (including phenoxy) is 4. The Morgan fingerprint density at radius 2 is 1.48 bits per heavy atom. The van der Waals surface area contributed by atoms with Crippen LogP contribution in [0.2, 0.25) is 0 Å². The van der Waals surface area contributed by atoms with Crippen molar-refractivity contribution in [2.45, 2.75) is 37.4 Å². The molecule has 0 bridgehead atoms. The highest BCUT2D eigenvalue weighted by Gasteiger charge is 2.43. The van der Waals surface area contributed by atoms with Gasteiger partial charge in [-0.05, 0) is 31.6 Å². The first-order valence-corrected chi connectivity index (χ1v) is 10.2. The molecule has 0 N–H and O–H groups in total. The van der Waals surface area contributed by atoms with E-state index in [9.17, 15) is 0 Å². The van der Waals surface area contributed by atoms with Gasteiger partial charge in [0.25, 0.3) is 0 Å². The van der Waals surface area contributed by atoms with Crippen LogP contribution in [0.25, 0.3) is 0 Å². The maximum atomic E-state index is 6.62. The topological polar surface area (TPSA) is 43.4 Å². The molecule has 2 atom stereocenters. The summed E-state index contributed by atoms with van der Waals surface area (Å²) in [5.41, 5.74) is -0.0847. The lowest BCUT2D eigenvalue weighted by molar-refractivity contribution is -0.0973. The molecule has 6 nitrogen and oxygen atoms in total. The SMILES string of the molecule is C1CC(CN2CCOC[C@@]3(CC[C@@H](CN4CCOCC4)O3)C2)CCO1. The van der Waals surface area contributed by atoms with Gasteiger partial charge in [-0.1, -0.05) is 0 Å². The lowest BCUT2D eigenvalue weighted by Gasteiger charge is -2.35. The fourth-order valence-electron chi connectivity index (χ4n) is 4.75. The van der Waals surface area contributed by atoms with Crippen molar-refractivity contribution in [1.82, 2.24) is 9.80 Å². The molecule has 0 aromatic carbocycles. The van der Waals surface area contributed by atoms with Gasteiger partial charge < -0.3 is 18.9 Å². The monoisotopic (exact) mass is 354 g/mol. The van der Waals surface area contributed by atoms with Crippen molar-refractivity contribution < 1.29 is 18.9 Å². The number of morpholine rings is 1. The summed E-state index contributed by atoms with van der Waals surface area (Å²) in [6.07, 6.45) is 5.04. The van der Waals surface area contributed by atoms with Crippen LogP contribution in [0.3, 0.4) is 0 Å². The first-order valence-electron chi connectivity index (χ1n) is 10.2. The standard InChI is InChI=1S/C19H34N2O4/c1-4-19(25-18(1)14-20-5-10-23-11-6-20)15-21(7-12-24-16-19)13-17-2-8-22-9-3-17/h17-18H,1-16H2/t18-,19+/m0/s1. The minimum absolute atomic E-state index is 0.0847. The maximum absolute atomic E-state index is 6.62. The van der Waals surface area contributed by atoms with E-state index in [1.54, 1.807) is 0 Å². The van der Waals surface area contributed by atoms with Crippen molar-refractivity contribution in [2.24, 2.45) is 5.92 Å². The average Bonchev–Trinajstić information content (AvgIpc) is 2.91. The summed E-state index contributed by atoms with van der Waals surface area (Å²) in [5.74, 6) is 0.773. The summed E-state index contributed by atoms with van der Waals surface area (Å²) in [7, 11) is 0. The summed E-state index contributed by atoms with van der Waals surface area (Å²) in [6.45, 7) is 11.5. The fraction of sp³-hybridized carbons (Fsp3) is 1.00. The molecule has 4 fully saturated rings. The highest BCUT2D eigenvalue weighted by Crippen LogP contribution is 2.34. The first-order chi connectivity index (χ1) is 12.3. The Labute approximate surface area is 151 Å². The van der Waals surface area contributed by atoms with Crippen LogP contribution in [0.1, 0.15) is 25.7 Å². The summed E-state index contributed by atoms with van der Waals surface area (Å²) >= 11 is 0. The van der Waals surface area contributed by atoms with E-state index in [4.69, 9.17) is 18.9 Å². The number of hydrogen-bond donors (Lipinski definition) is 0. The second-order valence-corrected chi connectivity index (χ2v) is 8.22. The molecule has 0 aliphatic carbocycles. The molecule has 4 heterocycles. The molecule has 6 heteroatoms. The first kappa shape index (κ1) is 18.1. The molecule has 0 aromatic rings. The summed E-state index contributed by atoms with van der Waals surface area (Å²) in [4.78, 5) is 5.09. The van der Waals surface area contributed by atoms with Crippen LogP contribution >= 0.6 is 0 Å². The predicted octanol–water partition coefficient (Wildman–Crippen LogP) is 0.995. The van der Waals surface area contributed by atoms with Gasteiger partial charge in [0, 0.05) is 52.5 Å². The third-order valence-corrected chi connectivity index (χ3v) is 6.19. The van der Waals surface area contributed by atoms with Crippen molar-refractivity contribution in [1.29, 1.82) is 0 Å². The van der Waals surface area contributed by atoms with E-state index in [1.807, 2.05) is 0 Å². The van der Waals surface area contributed by atoms with Gasteiger partial charge in [-0.25, -0.2) is 0 Å². The Hall–Kier alpha value is -0.240. The van der Waals surface area contributed by atoms with Gasteiger partial charge in [0.2, 0.25) is 0 Å². The van der Waals surface area contributed by atoms with Crippen molar-refractivity contribution >= 4 is 0 Å². The van der Waals surface area contributed by atoms with Gasteiger partial charge in [-0.3, -0.25) is 9.80 Å². The number of hydrogen-bond acceptors (Lipinski definition) is 6. The summed E-state index contributed by atoms with van der Waals surface area (Å²) in [5, 5.41) is 0. The molecule has 4 aliphatic rings. The van der Waals surface area contributed by atoms with Crippen molar-refractivity contribution in [3.63, 3.8) is 0 Å². The van der Waals surface area contributed by atoms with Crippen LogP contribution < -0.4 is 0 Å². The maximum Gasteiger partial charge on any atom is 0.105 e. The van der Waals surface area contributed by atoms with Gasteiger partial charge in [-0.15, -0.1) is 0 Å². The van der Waals surface area contributed by atoms with Gasteiger partial charge in [0.05, 0.1) is 32.5 Å². The van der Waals surface area contributed by atoms with E-state index in [1.165, 1.54) is 19.4 Å². The molecular weight excluding hydrogens is 320 g/mol. The molecule has 0 unspecified atom stereocenters. The minimum Gasteiger partial charge on any atom is -0.381 e. The van der Waals surface area contributed by atoms with Crippen molar-refractivity contribution in [2.75, 3.05) is 78.9 Å². The Balaban J connectivity index is 1.30.